The van der Waals surface area contributed by atoms with Crippen molar-refractivity contribution in [1.82, 2.24) is 4.90 Å². The SMILES string of the molecule is CN(C)Cc1ccccc1NC1CCc2c(F)cccc21. The number of hydrogen-bond donors (Lipinski definition) is 1. The molecule has 0 aliphatic heterocycles. The van der Waals surface area contributed by atoms with E-state index in [2.05, 4.69) is 42.5 Å². The molecule has 3 rings (SSSR count). The van der Waals surface area contributed by atoms with Gasteiger partial charge in [-0.2, -0.15) is 0 Å². The normalized spacial score (nSPS) is 17.0. The van der Waals surface area contributed by atoms with Crippen LogP contribution < -0.4 is 5.32 Å². The summed E-state index contributed by atoms with van der Waals surface area (Å²) >= 11 is 0. The second-order valence-electron chi connectivity index (χ2n) is 5.94. The summed E-state index contributed by atoms with van der Waals surface area (Å²) in [5.74, 6) is -0.0709. The molecule has 1 aliphatic rings. The van der Waals surface area contributed by atoms with Crippen molar-refractivity contribution in [1.29, 1.82) is 0 Å². The first kappa shape index (κ1) is 14.1. The Labute approximate surface area is 125 Å². The van der Waals surface area contributed by atoms with Gasteiger partial charge in [0.25, 0.3) is 0 Å². The molecule has 1 unspecified atom stereocenters. The minimum Gasteiger partial charge on any atom is -0.378 e. The van der Waals surface area contributed by atoms with Gasteiger partial charge in [0.2, 0.25) is 0 Å². The van der Waals surface area contributed by atoms with Crippen molar-refractivity contribution in [2.75, 3.05) is 19.4 Å². The van der Waals surface area contributed by atoms with Crippen LogP contribution in [0.4, 0.5) is 10.1 Å². The lowest BCUT2D eigenvalue weighted by atomic mass is 10.1. The molecule has 1 atom stereocenters. The number of anilines is 1. The number of nitrogens with zero attached hydrogens (tertiary/aromatic N) is 1. The van der Waals surface area contributed by atoms with E-state index in [1.165, 1.54) is 5.56 Å². The second kappa shape index (κ2) is 5.86. The smallest absolute Gasteiger partial charge is 0.126 e. The third kappa shape index (κ3) is 2.93. The Morgan fingerprint density at radius 3 is 2.76 bits per heavy atom. The van der Waals surface area contributed by atoms with E-state index in [0.29, 0.717) is 0 Å². The Morgan fingerprint density at radius 2 is 1.95 bits per heavy atom. The molecule has 0 heterocycles. The van der Waals surface area contributed by atoms with Gasteiger partial charge in [0.05, 0.1) is 6.04 Å². The quantitative estimate of drug-likeness (QED) is 0.913. The molecule has 0 amide bonds. The van der Waals surface area contributed by atoms with E-state index in [4.69, 9.17) is 0 Å². The Bertz CT molecular complexity index is 637. The zero-order chi connectivity index (χ0) is 14.8. The van der Waals surface area contributed by atoms with Gasteiger partial charge in [0, 0.05) is 12.2 Å². The third-order valence-electron chi connectivity index (χ3n) is 4.05. The van der Waals surface area contributed by atoms with E-state index in [1.54, 1.807) is 12.1 Å². The van der Waals surface area contributed by atoms with Gasteiger partial charge in [-0.25, -0.2) is 4.39 Å². The molecule has 0 radical (unpaired) electrons. The van der Waals surface area contributed by atoms with Crippen LogP contribution in [-0.2, 0) is 13.0 Å². The van der Waals surface area contributed by atoms with Crippen molar-refractivity contribution in [2.24, 2.45) is 0 Å². The molecule has 2 aromatic rings. The summed E-state index contributed by atoms with van der Waals surface area (Å²) in [5, 5.41) is 3.60. The van der Waals surface area contributed by atoms with Crippen molar-refractivity contribution in [3.05, 3.63) is 65.0 Å². The summed E-state index contributed by atoms with van der Waals surface area (Å²) in [4.78, 5) is 2.16. The lowest BCUT2D eigenvalue weighted by Gasteiger charge is -2.20. The van der Waals surface area contributed by atoms with Gasteiger partial charge in [-0.1, -0.05) is 30.3 Å². The van der Waals surface area contributed by atoms with Crippen molar-refractivity contribution >= 4 is 5.69 Å². The summed E-state index contributed by atoms with van der Waals surface area (Å²) in [6.07, 6.45) is 1.77. The zero-order valence-electron chi connectivity index (χ0n) is 12.6. The first-order chi connectivity index (χ1) is 10.1. The number of rotatable bonds is 4. The Kier molecular flexibility index (Phi) is 3.93. The van der Waals surface area contributed by atoms with Crippen LogP contribution >= 0.6 is 0 Å². The highest BCUT2D eigenvalue weighted by atomic mass is 19.1. The Hall–Kier alpha value is -1.87. The second-order valence-corrected chi connectivity index (χ2v) is 5.94. The molecule has 0 bridgehead atoms. The molecular formula is C18H21FN2. The van der Waals surface area contributed by atoms with Crippen LogP contribution in [0.3, 0.4) is 0 Å². The van der Waals surface area contributed by atoms with Gasteiger partial charge in [0.15, 0.2) is 0 Å². The maximum Gasteiger partial charge on any atom is 0.126 e. The average molecular weight is 284 g/mol. The molecule has 110 valence electrons. The zero-order valence-corrected chi connectivity index (χ0v) is 12.6. The molecule has 3 heteroatoms. The predicted octanol–water partition coefficient (Wildman–Crippen LogP) is 3.99. The summed E-state index contributed by atoms with van der Waals surface area (Å²) in [7, 11) is 4.13. The van der Waals surface area contributed by atoms with Crippen LogP contribution in [0, 0.1) is 5.82 Å². The highest BCUT2D eigenvalue weighted by Gasteiger charge is 2.25. The Balaban J connectivity index is 1.85. The van der Waals surface area contributed by atoms with E-state index in [9.17, 15) is 4.39 Å². The minimum absolute atomic E-state index is 0.0709. The summed E-state index contributed by atoms with van der Waals surface area (Å²) < 4.78 is 13.8. The monoisotopic (exact) mass is 284 g/mol. The van der Waals surface area contributed by atoms with Gasteiger partial charge < -0.3 is 10.2 Å². The number of fused-ring (bicyclic) bond motifs is 1. The fourth-order valence-corrected chi connectivity index (χ4v) is 3.09. The number of nitrogens with one attached hydrogen (secondary N) is 1. The molecule has 0 fully saturated rings. The molecule has 2 nitrogen and oxygen atoms in total. The van der Waals surface area contributed by atoms with Gasteiger partial charge in [-0.05, 0) is 55.8 Å². The molecule has 0 saturated heterocycles. The largest absolute Gasteiger partial charge is 0.378 e. The van der Waals surface area contributed by atoms with E-state index < -0.39 is 0 Å². The van der Waals surface area contributed by atoms with Crippen molar-refractivity contribution in [2.45, 2.75) is 25.4 Å². The minimum atomic E-state index is -0.0709. The molecule has 0 aromatic heterocycles. The molecule has 1 aliphatic carbocycles. The summed E-state index contributed by atoms with van der Waals surface area (Å²) in [6, 6.07) is 14.0. The van der Waals surface area contributed by atoms with Crippen LogP contribution in [0.2, 0.25) is 0 Å². The number of benzene rings is 2. The molecule has 21 heavy (non-hydrogen) atoms. The van der Waals surface area contributed by atoms with Crippen molar-refractivity contribution in [3.8, 4) is 0 Å². The van der Waals surface area contributed by atoms with Crippen LogP contribution in [0.25, 0.3) is 0 Å². The van der Waals surface area contributed by atoms with Crippen molar-refractivity contribution in [3.63, 3.8) is 0 Å². The maximum atomic E-state index is 13.8. The molecular weight excluding hydrogens is 263 g/mol. The van der Waals surface area contributed by atoms with Gasteiger partial charge >= 0.3 is 0 Å². The van der Waals surface area contributed by atoms with Gasteiger partial charge in [0.1, 0.15) is 5.82 Å². The van der Waals surface area contributed by atoms with Crippen LogP contribution in [0.15, 0.2) is 42.5 Å². The number of para-hydroxylation sites is 1. The average Bonchev–Trinajstić information content (AvgIpc) is 2.85. The predicted molar refractivity (Wildman–Crippen MR) is 84.9 cm³/mol. The highest BCUT2D eigenvalue weighted by molar-refractivity contribution is 5.54. The molecule has 2 aromatic carbocycles. The van der Waals surface area contributed by atoms with E-state index >= 15 is 0 Å². The standard InChI is InChI=1S/C18H21FN2/c1-21(2)12-13-6-3-4-9-17(13)20-18-11-10-14-15(18)7-5-8-16(14)19/h3-9,18,20H,10-12H2,1-2H3. The lowest BCUT2D eigenvalue weighted by Crippen LogP contribution is -2.14. The third-order valence-corrected chi connectivity index (χ3v) is 4.05. The highest BCUT2D eigenvalue weighted by Crippen LogP contribution is 2.35. The lowest BCUT2D eigenvalue weighted by molar-refractivity contribution is 0.403. The maximum absolute atomic E-state index is 13.8. The van der Waals surface area contributed by atoms with Gasteiger partial charge in [-0.3, -0.25) is 0 Å². The topological polar surface area (TPSA) is 15.3 Å². The van der Waals surface area contributed by atoms with Gasteiger partial charge in [-0.15, -0.1) is 0 Å². The van der Waals surface area contributed by atoms with E-state index in [-0.39, 0.29) is 11.9 Å². The summed E-state index contributed by atoms with van der Waals surface area (Å²) in [6.45, 7) is 0.895. The number of hydrogen-bond acceptors (Lipinski definition) is 2. The van der Waals surface area contributed by atoms with Crippen molar-refractivity contribution < 1.29 is 4.39 Å². The molecule has 0 spiro atoms. The Morgan fingerprint density at radius 1 is 1.14 bits per heavy atom. The number of halogens is 1. The first-order valence-corrected chi connectivity index (χ1v) is 7.41. The van der Waals surface area contributed by atoms with Crippen LogP contribution in [-0.4, -0.2) is 19.0 Å². The van der Waals surface area contributed by atoms with E-state index in [1.807, 2.05) is 12.1 Å². The first-order valence-electron chi connectivity index (χ1n) is 7.41. The fourth-order valence-electron chi connectivity index (χ4n) is 3.09. The van der Waals surface area contributed by atoms with E-state index in [0.717, 1.165) is 36.2 Å². The molecule has 0 saturated carbocycles. The summed E-state index contributed by atoms with van der Waals surface area (Å²) in [5.41, 5.74) is 4.40. The van der Waals surface area contributed by atoms with Crippen LogP contribution in [0.5, 0.6) is 0 Å². The van der Waals surface area contributed by atoms with Crippen LogP contribution in [0.1, 0.15) is 29.2 Å². The fraction of sp³-hybridized carbons (Fsp3) is 0.333. The molecule has 1 N–H and O–H groups in total.